The summed E-state index contributed by atoms with van der Waals surface area (Å²) in [6.45, 7) is 4.61. The number of hydrogen-bond acceptors (Lipinski definition) is 4. The molecule has 36 heavy (non-hydrogen) atoms. The Balaban J connectivity index is 0.000000338. The van der Waals surface area contributed by atoms with Crippen LogP contribution in [0.15, 0.2) is 42.5 Å². The molecule has 1 aliphatic heterocycles. The van der Waals surface area contributed by atoms with Gasteiger partial charge in [0.2, 0.25) is 0 Å². The van der Waals surface area contributed by atoms with E-state index in [2.05, 4.69) is 12.2 Å². The van der Waals surface area contributed by atoms with E-state index in [1.807, 2.05) is 24.3 Å². The molecule has 0 aliphatic carbocycles. The van der Waals surface area contributed by atoms with E-state index >= 15 is 0 Å². The Morgan fingerprint density at radius 2 is 1.78 bits per heavy atom. The molecule has 3 aromatic rings. The lowest BCUT2D eigenvalue weighted by molar-refractivity contribution is -0.137. The number of ketones is 1. The summed E-state index contributed by atoms with van der Waals surface area (Å²) in [6, 6.07) is 11.1. The molecule has 0 atom stereocenters. The van der Waals surface area contributed by atoms with Crippen molar-refractivity contribution in [3.8, 4) is 0 Å². The number of hydrogen-bond donors (Lipinski definition) is 1. The first kappa shape index (κ1) is 28.2. The Bertz CT molecular complexity index is 1240. The maximum Gasteiger partial charge on any atom is 0.417 e. The fourth-order valence-corrected chi connectivity index (χ4v) is 5.23. The molecule has 1 aromatic heterocycles. The Kier molecular flexibility index (Phi) is 9.58. The number of amides is 1. The van der Waals surface area contributed by atoms with Gasteiger partial charge in [0.15, 0.2) is 5.78 Å². The third kappa shape index (κ3) is 6.68. The van der Waals surface area contributed by atoms with E-state index in [4.69, 9.17) is 27.9 Å². The van der Waals surface area contributed by atoms with Crippen molar-refractivity contribution < 1.29 is 27.5 Å². The van der Waals surface area contributed by atoms with E-state index in [1.165, 1.54) is 23.0 Å². The molecule has 0 fully saturated rings. The number of anilines is 1. The second kappa shape index (κ2) is 12.2. The Hall–Kier alpha value is -2.39. The first-order valence-electron chi connectivity index (χ1n) is 11.2. The van der Waals surface area contributed by atoms with Crippen molar-refractivity contribution in [2.75, 3.05) is 11.9 Å². The van der Waals surface area contributed by atoms with Crippen molar-refractivity contribution in [3.05, 3.63) is 85.2 Å². The summed E-state index contributed by atoms with van der Waals surface area (Å²) in [5.41, 5.74) is 1.06. The van der Waals surface area contributed by atoms with Gasteiger partial charge in [-0.3, -0.25) is 9.59 Å². The molecule has 4 rings (SSSR count). The van der Waals surface area contributed by atoms with Crippen molar-refractivity contribution in [1.82, 2.24) is 0 Å². The van der Waals surface area contributed by atoms with Crippen LogP contribution in [-0.2, 0) is 30.4 Å². The fraction of sp³-hybridized carbons (Fsp3) is 0.308. The van der Waals surface area contributed by atoms with Gasteiger partial charge in [0.05, 0.1) is 34.9 Å². The number of fused-ring (bicyclic) bond motifs is 1. The zero-order chi connectivity index (χ0) is 26.5. The van der Waals surface area contributed by atoms with Gasteiger partial charge in [0.1, 0.15) is 5.00 Å². The number of ether oxygens (including phenoxy) is 1. The van der Waals surface area contributed by atoms with Crippen LogP contribution in [-0.4, -0.2) is 18.3 Å². The van der Waals surface area contributed by atoms with E-state index in [0.717, 1.165) is 34.0 Å². The Labute approximate surface area is 221 Å². The fourth-order valence-electron chi connectivity index (χ4n) is 3.58. The molecule has 0 bridgehead atoms. The van der Waals surface area contributed by atoms with E-state index in [1.54, 1.807) is 6.92 Å². The van der Waals surface area contributed by atoms with Crippen molar-refractivity contribution in [1.29, 1.82) is 0 Å². The molecule has 2 heterocycles. The highest BCUT2D eigenvalue weighted by atomic mass is 35.5. The molecule has 1 N–H and O–H groups in total. The van der Waals surface area contributed by atoms with Crippen LogP contribution < -0.4 is 5.32 Å². The highest BCUT2D eigenvalue weighted by Crippen LogP contribution is 2.39. The number of thiophene rings is 1. The topological polar surface area (TPSA) is 55.4 Å². The van der Waals surface area contributed by atoms with E-state index in [9.17, 15) is 22.8 Å². The van der Waals surface area contributed by atoms with Gasteiger partial charge >= 0.3 is 6.18 Å². The molecule has 10 heteroatoms. The van der Waals surface area contributed by atoms with E-state index in [-0.39, 0.29) is 24.4 Å². The van der Waals surface area contributed by atoms with Crippen LogP contribution in [0.2, 0.25) is 10.0 Å². The summed E-state index contributed by atoms with van der Waals surface area (Å²) in [6.07, 6.45) is -2.74. The summed E-state index contributed by atoms with van der Waals surface area (Å²) in [5, 5.41) is 3.03. The predicted molar refractivity (Wildman–Crippen MR) is 138 cm³/mol. The summed E-state index contributed by atoms with van der Waals surface area (Å²) in [5.74, 6) is -0.959. The van der Waals surface area contributed by atoms with Crippen molar-refractivity contribution in [2.45, 2.75) is 45.9 Å². The lowest BCUT2D eigenvalue weighted by Crippen LogP contribution is -2.17. The van der Waals surface area contributed by atoms with Crippen LogP contribution in [0.1, 0.15) is 62.6 Å². The smallest absolute Gasteiger partial charge is 0.376 e. The highest BCUT2D eigenvalue weighted by Gasteiger charge is 2.35. The second-order valence-electron chi connectivity index (χ2n) is 7.89. The van der Waals surface area contributed by atoms with Crippen LogP contribution in [0.4, 0.5) is 18.2 Å². The molecule has 4 nitrogen and oxygen atoms in total. The minimum atomic E-state index is -4.67. The van der Waals surface area contributed by atoms with Crippen LogP contribution in [0.25, 0.3) is 0 Å². The summed E-state index contributed by atoms with van der Waals surface area (Å²) >= 11 is 12.7. The number of halogens is 5. The minimum Gasteiger partial charge on any atom is -0.376 e. The number of nitrogens with one attached hydrogen (secondary N) is 1. The molecule has 2 aromatic carbocycles. The normalized spacial score (nSPS) is 12.9. The van der Waals surface area contributed by atoms with Gasteiger partial charge in [-0.25, -0.2) is 0 Å². The SMILES string of the molecule is CCC(=O)c1c(NC(=O)c2cccc(C(F)(F)F)c2Cl)sc2c1COCC2.CCc1ccc(Cl)cc1. The maximum atomic E-state index is 13.0. The standard InChI is InChI=1S/C18H15ClF3NO3S.C8H9Cl/c1-2-12(24)14-10-8-26-7-6-13(10)27-17(14)23-16(25)9-4-3-5-11(15(9)19)18(20,21)22;1-2-7-3-5-8(9)6-4-7/h3-5H,2,6-8H2,1H3,(H,23,25);3-6H,2H2,1H3. The predicted octanol–water partition coefficient (Wildman–Crippen LogP) is 8.24. The van der Waals surface area contributed by atoms with Gasteiger partial charge in [-0.2, -0.15) is 13.2 Å². The van der Waals surface area contributed by atoms with Gasteiger partial charge in [0.25, 0.3) is 5.91 Å². The summed E-state index contributed by atoms with van der Waals surface area (Å²) < 4.78 is 44.5. The Morgan fingerprint density at radius 3 is 2.39 bits per heavy atom. The number of carbonyl (C=O) groups is 2. The van der Waals surface area contributed by atoms with Gasteiger partial charge in [-0.05, 0) is 36.2 Å². The minimum absolute atomic E-state index is 0.163. The molecule has 192 valence electrons. The molecule has 0 radical (unpaired) electrons. The zero-order valence-corrected chi connectivity index (χ0v) is 21.9. The van der Waals surface area contributed by atoms with Crippen molar-refractivity contribution in [3.63, 3.8) is 0 Å². The van der Waals surface area contributed by atoms with Gasteiger partial charge in [-0.15, -0.1) is 11.3 Å². The highest BCUT2D eigenvalue weighted by molar-refractivity contribution is 7.17. The average molecular weight is 558 g/mol. The monoisotopic (exact) mass is 557 g/mol. The number of rotatable bonds is 5. The van der Waals surface area contributed by atoms with Gasteiger partial charge in [0, 0.05) is 28.3 Å². The summed E-state index contributed by atoms with van der Waals surface area (Å²) in [4.78, 5) is 25.9. The third-order valence-corrected chi connectivity index (χ3v) is 7.37. The van der Waals surface area contributed by atoms with Crippen molar-refractivity contribution >= 4 is 51.2 Å². The number of Topliss-reactive ketones (excluding diaryl/α,β-unsaturated/α-hetero) is 1. The first-order valence-corrected chi connectivity index (χ1v) is 12.8. The Morgan fingerprint density at radius 1 is 1.08 bits per heavy atom. The quantitative estimate of drug-likeness (QED) is 0.321. The average Bonchev–Trinajstić information content (AvgIpc) is 3.21. The van der Waals surface area contributed by atoms with Crippen LogP contribution >= 0.6 is 34.5 Å². The zero-order valence-electron chi connectivity index (χ0n) is 19.6. The lowest BCUT2D eigenvalue weighted by atomic mass is 10.0. The number of aryl methyl sites for hydroxylation is 1. The molecule has 0 spiro atoms. The molecule has 1 amide bonds. The first-order chi connectivity index (χ1) is 17.1. The maximum absolute atomic E-state index is 13.0. The molecule has 0 unspecified atom stereocenters. The molecule has 0 saturated carbocycles. The molecule has 1 aliphatic rings. The molecular weight excluding hydrogens is 534 g/mol. The van der Waals surface area contributed by atoms with Crippen LogP contribution in [0.5, 0.6) is 0 Å². The summed E-state index contributed by atoms with van der Waals surface area (Å²) in [7, 11) is 0. The van der Waals surface area contributed by atoms with Crippen LogP contribution in [0, 0.1) is 0 Å². The van der Waals surface area contributed by atoms with E-state index in [0.29, 0.717) is 23.6 Å². The van der Waals surface area contributed by atoms with Gasteiger partial charge in [-0.1, -0.05) is 55.2 Å². The lowest BCUT2D eigenvalue weighted by Gasteiger charge is -2.13. The van der Waals surface area contributed by atoms with Crippen LogP contribution in [0.3, 0.4) is 0 Å². The molecular formula is C26H24Cl2F3NO3S. The number of alkyl halides is 3. The number of carbonyl (C=O) groups excluding carboxylic acids is 2. The van der Waals surface area contributed by atoms with Crippen molar-refractivity contribution in [2.24, 2.45) is 0 Å². The largest absolute Gasteiger partial charge is 0.417 e. The van der Waals surface area contributed by atoms with Gasteiger partial charge < -0.3 is 10.1 Å². The second-order valence-corrected chi connectivity index (χ2v) is 9.81. The van der Waals surface area contributed by atoms with E-state index < -0.39 is 22.7 Å². The molecule has 0 saturated heterocycles. The number of benzene rings is 2. The third-order valence-electron chi connectivity index (χ3n) is 5.51.